The molecular formula is C17H16O3. The lowest BCUT2D eigenvalue weighted by molar-refractivity contribution is -0.140. The molecule has 0 aromatic heterocycles. The predicted octanol–water partition coefficient (Wildman–Crippen LogP) is 4.10. The number of rotatable bonds is 5. The van der Waals surface area contributed by atoms with Crippen LogP contribution in [0.4, 0.5) is 0 Å². The summed E-state index contributed by atoms with van der Waals surface area (Å²) in [6.45, 7) is 5.37. The molecule has 0 spiro atoms. The van der Waals surface area contributed by atoms with Gasteiger partial charge in [-0.2, -0.15) is 0 Å². The predicted molar refractivity (Wildman–Crippen MR) is 77.6 cm³/mol. The zero-order chi connectivity index (χ0) is 14.4. The van der Waals surface area contributed by atoms with E-state index in [4.69, 9.17) is 9.47 Å². The fraction of sp³-hybridized carbons (Fsp3) is 0.118. The van der Waals surface area contributed by atoms with Crippen LogP contribution in [-0.2, 0) is 16.1 Å². The minimum Gasteiger partial charge on any atom is -0.457 e. The highest BCUT2D eigenvalue weighted by atomic mass is 16.5. The van der Waals surface area contributed by atoms with E-state index in [0.717, 1.165) is 11.3 Å². The number of ether oxygens (including phenoxy) is 2. The van der Waals surface area contributed by atoms with E-state index in [-0.39, 0.29) is 12.6 Å². The van der Waals surface area contributed by atoms with Crippen molar-refractivity contribution in [1.82, 2.24) is 0 Å². The Kier molecular flexibility index (Phi) is 4.56. The molecule has 0 aliphatic heterocycles. The van der Waals surface area contributed by atoms with Gasteiger partial charge in [0.2, 0.25) is 0 Å². The van der Waals surface area contributed by atoms with Crippen molar-refractivity contribution in [2.45, 2.75) is 13.5 Å². The van der Waals surface area contributed by atoms with Crippen LogP contribution in [0.1, 0.15) is 12.5 Å². The van der Waals surface area contributed by atoms with E-state index in [1.807, 2.05) is 54.6 Å². The molecule has 20 heavy (non-hydrogen) atoms. The minimum atomic E-state index is -0.389. The Bertz CT molecular complexity index is 603. The molecule has 2 rings (SSSR count). The first-order valence-corrected chi connectivity index (χ1v) is 6.29. The summed E-state index contributed by atoms with van der Waals surface area (Å²) < 4.78 is 10.8. The molecule has 2 aromatic rings. The van der Waals surface area contributed by atoms with Crippen LogP contribution < -0.4 is 4.74 Å². The van der Waals surface area contributed by atoms with Crippen molar-refractivity contribution < 1.29 is 14.3 Å². The summed E-state index contributed by atoms with van der Waals surface area (Å²) in [7, 11) is 0. The van der Waals surface area contributed by atoms with Crippen molar-refractivity contribution in [3.05, 3.63) is 72.3 Å². The highest BCUT2D eigenvalue weighted by Crippen LogP contribution is 2.22. The summed E-state index contributed by atoms with van der Waals surface area (Å²) in [6, 6.07) is 17.0. The Labute approximate surface area is 118 Å². The Morgan fingerprint density at radius 1 is 1.05 bits per heavy atom. The molecule has 102 valence electrons. The lowest BCUT2D eigenvalue weighted by Gasteiger charge is -2.08. The highest BCUT2D eigenvalue weighted by molar-refractivity contribution is 5.86. The van der Waals surface area contributed by atoms with Crippen LogP contribution in [0.2, 0.25) is 0 Å². The van der Waals surface area contributed by atoms with Crippen molar-refractivity contribution in [2.24, 2.45) is 0 Å². The molecular weight excluding hydrogens is 252 g/mol. The van der Waals surface area contributed by atoms with Crippen LogP contribution in [0, 0.1) is 0 Å². The molecule has 0 heterocycles. The number of esters is 1. The van der Waals surface area contributed by atoms with Crippen molar-refractivity contribution in [3.63, 3.8) is 0 Å². The average molecular weight is 268 g/mol. The molecule has 0 saturated carbocycles. The Hall–Kier alpha value is -2.55. The first-order chi connectivity index (χ1) is 9.65. The molecule has 0 radical (unpaired) electrons. The molecule has 0 aliphatic rings. The second-order valence-electron chi connectivity index (χ2n) is 4.42. The van der Waals surface area contributed by atoms with Crippen LogP contribution >= 0.6 is 0 Å². The largest absolute Gasteiger partial charge is 0.457 e. The molecule has 2 aromatic carbocycles. The summed E-state index contributed by atoms with van der Waals surface area (Å²) in [5.41, 5.74) is 1.26. The Morgan fingerprint density at radius 2 is 1.75 bits per heavy atom. The number of benzene rings is 2. The van der Waals surface area contributed by atoms with E-state index in [1.165, 1.54) is 0 Å². The summed E-state index contributed by atoms with van der Waals surface area (Å²) in [6.07, 6.45) is 0. The van der Waals surface area contributed by atoms with E-state index in [0.29, 0.717) is 11.3 Å². The number of carbonyl (C=O) groups excluding carboxylic acids is 1. The lowest BCUT2D eigenvalue weighted by Crippen LogP contribution is -2.04. The number of hydrogen-bond donors (Lipinski definition) is 0. The van der Waals surface area contributed by atoms with E-state index in [9.17, 15) is 4.79 Å². The van der Waals surface area contributed by atoms with E-state index in [1.54, 1.807) is 6.92 Å². The van der Waals surface area contributed by atoms with Crippen LogP contribution in [0.25, 0.3) is 0 Å². The lowest BCUT2D eigenvalue weighted by atomic mass is 10.2. The zero-order valence-corrected chi connectivity index (χ0v) is 11.3. The fourth-order valence-electron chi connectivity index (χ4n) is 1.60. The molecule has 0 aliphatic carbocycles. The zero-order valence-electron chi connectivity index (χ0n) is 11.3. The van der Waals surface area contributed by atoms with E-state index >= 15 is 0 Å². The van der Waals surface area contributed by atoms with Crippen molar-refractivity contribution in [3.8, 4) is 11.5 Å². The molecule has 0 atom stereocenters. The third-order valence-corrected chi connectivity index (χ3v) is 2.60. The minimum absolute atomic E-state index is 0.206. The van der Waals surface area contributed by atoms with Crippen LogP contribution in [0.15, 0.2) is 66.7 Å². The maximum Gasteiger partial charge on any atom is 0.333 e. The second-order valence-corrected chi connectivity index (χ2v) is 4.42. The van der Waals surface area contributed by atoms with Crippen LogP contribution in [-0.4, -0.2) is 5.97 Å². The quantitative estimate of drug-likeness (QED) is 0.605. The van der Waals surface area contributed by atoms with Gasteiger partial charge in [-0.3, -0.25) is 0 Å². The number of carbonyl (C=O) groups is 1. The van der Waals surface area contributed by atoms with Gasteiger partial charge in [0.15, 0.2) is 0 Å². The topological polar surface area (TPSA) is 35.5 Å². The molecule has 0 amide bonds. The Morgan fingerprint density at radius 3 is 2.45 bits per heavy atom. The summed E-state index contributed by atoms with van der Waals surface area (Å²) in [5, 5.41) is 0. The van der Waals surface area contributed by atoms with Gasteiger partial charge in [0.1, 0.15) is 18.1 Å². The SMILES string of the molecule is C=C(C)C(=O)OCc1cccc(Oc2ccccc2)c1. The highest BCUT2D eigenvalue weighted by Gasteiger charge is 2.04. The summed E-state index contributed by atoms with van der Waals surface area (Å²) >= 11 is 0. The first kappa shape index (κ1) is 13.9. The van der Waals surface area contributed by atoms with Gasteiger partial charge in [-0.15, -0.1) is 0 Å². The smallest absolute Gasteiger partial charge is 0.333 e. The molecule has 0 N–H and O–H groups in total. The van der Waals surface area contributed by atoms with Gasteiger partial charge in [0, 0.05) is 5.57 Å². The monoisotopic (exact) mass is 268 g/mol. The standard InChI is InChI=1S/C17H16O3/c1-13(2)17(18)19-12-14-7-6-10-16(11-14)20-15-8-4-3-5-9-15/h3-11H,1,12H2,2H3. The van der Waals surface area contributed by atoms with Crippen molar-refractivity contribution in [2.75, 3.05) is 0 Å². The average Bonchev–Trinajstić information content (AvgIpc) is 2.46. The second kappa shape index (κ2) is 6.57. The van der Waals surface area contributed by atoms with Gasteiger partial charge in [0.25, 0.3) is 0 Å². The van der Waals surface area contributed by atoms with Gasteiger partial charge in [-0.1, -0.05) is 36.9 Å². The third kappa shape index (κ3) is 3.99. The molecule has 3 nitrogen and oxygen atoms in total. The van der Waals surface area contributed by atoms with Gasteiger partial charge < -0.3 is 9.47 Å². The van der Waals surface area contributed by atoms with Crippen LogP contribution in [0.5, 0.6) is 11.5 Å². The molecule has 0 unspecified atom stereocenters. The summed E-state index contributed by atoms with van der Waals surface area (Å²) in [5.74, 6) is 1.09. The molecule has 3 heteroatoms. The molecule has 0 fully saturated rings. The maximum absolute atomic E-state index is 11.3. The summed E-state index contributed by atoms with van der Waals surface area (Å²) in [4.78, 5) is 11.3. The molecule has 0 bridgehead atoms. The molecule has 0 saturated heterocycles. The van der Waals surface area contributed by atoms with E-state index in [2.05, 4.69) is 6.58 Å². The van der Waals surface area contributed by atoms with Gasteiger partial charge in [-0.25, -0.2) is 4.79 Å². The fourth-order valence-corrected chi connectivity index (χ4v) is 1.60. The third-order valence-electron chi connectivity index (χ3n) is 2.60. The van der Waals surface area contributed by atoms with Crippen molar-refractivity contribution >= 4 is 5.97 Å². The number of hydrogen-bond acceptors (Lipinski definition) is 3. The maximum atomic E-state index is 11.3. The Balaban J connectivity index is 2.01. The van der Waals surface area contributed by atoms with Gasteiger partial charge in [-0.05, 0) is 36.8 Å². The number of para-hydroxylation sites is 1. The van der Waals surface area contributed by atoms with Crippen molar-refractivity contribution in [1.29, 1.82) is 0 Å². The van der Waals surface area contributed by atoms with Gasteiger partial charge in [0.05, 0.1) is 0 Å². The van der Waals surface area contributed by atoms with Crippen LogP contribution in [0.3, 0.4) is 0 Å². The first-order valence-electron chi connectivity index (χ1n) is 6.29. The normalized spacial score (nSPS) is 9.85. The van der Waals surface area contributed by atoms with E-state index < -0.39 is 0 Å². The van der Waals surface area contributed by atoms with Gasteiger partial charge >= 0.3 is 5.97 Å².